The van der Waals surface area contributed by atoms with Crippen LogP contribution in [0.2, 0.25) is 0 Å². The smallest absolute Gasteiger partial charge is 0.236 e. The monoisotopic (exact) mass is 280 g/mol. The minimum absolute atomic E-state index is 0.204. The molecule has 4 nitrogen and oxygen atoms in total. The molecule has 0 aliphatic carbocycles. The van der Waals surface area contributed by atoms with Gasteiger partial charge in [-0.2, -0.15) is 0 Å². The summed E-state index contributed by atoms with van der Waals surface area (Å²) in [5, 5.41) is 5.35. The highest BCUT2D eigenvalue weighted by atomic mass is 32.1. The first-order valence-electron chi connectivity index (χ1n) is 6.98. The van der Waals surface area contributed by atoms with Gasteiger partial charge in [-0.25, -0.2) is 0 Å². The molecule has 1 fully saturated rings. The number of carbonyl (C=O) groups is 1. The maximum absolute atomic E-state index is 12.1. The fourth-order valence-corrected chi connectivity index (χ4v) is 3.61. The van der Waals surface area contributed by atoms with Crippen molar-refractivity contribution >= 4 is 17.2 Å². The van der Waals surface area contributed by atoms with Crippen LogP contribution in [0.25, 0.3) is 0 Å². The summed E-state index contributed by atoms with van der Waals surface area (Å²) in [5.74, 6) is 0.204. The van der Waals surface area contributed by atoms with Gasteiger partial charge in [0.25, 0.3) is 0 Å². The number of fused-ring (bicyclic) bond motifs is 1. The van der Waals surface area contributed by atoms with Crippen LogP contribution in [0.1, 0.15) is 23.3 Å². The van der Waals surface area contributed by atoms with Gasteiger partial charge in [0.15, 0.2) is 0 Å². The summed E-state index contributed by atoms with van der Waals surface area (Å²) < 4.78 is 5.53. The molecule has 1 aromatic rings. The minimum Gasteiger partial charge on any atom is -0.377 e. The molecular weight excluding hydrogens is 260 g/mol. The topological polar surface area (TPSA) is 41.6 Å². The van der Waals surface area contributed by atoms with Gasteiger partial charge in [0.2, 0.25) is 5.91 Å². The Bertz CT molecular complexity index is 440. The van der Waals surface area contributed by atoms with E-state index in [0.717, 1.165) is 45.5 Å². The predicted octanol–water partition coefficient (Wildman–Crippen LogP) is 1.40. The Labute approximate surface area is 117 Å². The van der Waals surface area contributed by atoms with Gasteiger partial charge in [-0.15, -0.1) is 11.3 Å². The van der Waals surface area contributed by atoms with E-state index in [1.165, 1.54) is 10.4 Å². The molecule has 3 heterocycles. The first kappa shape index (κ1) is 13.1. The van der Waals surface area contributed by atoms with E-state index in [1.807, 2.05) is 4.90 Å². The van der Waals surface area contributed by atoms with Crippen molar-refractivity contribution in [3.8, 4) is 0 Å². The molecule has 2 aliphatic rings. The van der Waals surface area contributed by atoms with Crippen LogP contribution in [0.15, 0.2) is 11.4 Å². The predicted molar refractivity (Wildman–Crippen MR) is 75.3 cm³/mol. The maximum atomic E-state index is 12.1. The lowest BCUT2D eigenvalue weighted by Crippen LogP contribution is -2.42. The molecule has 104 valence electrons. The molecule has 1 aromatic heterocycles. The molecule has 2 aliphatic heterocycles. The standard InChI is InChI=1S/C14H20N2O2S/c17-14(9-15-8-12-2-1-6-18-12)16-5-3-13-11(10-16)4-7-19-13/h4,7,12,15H,1-3,5-6,8-10H2. The largest absolute Gasteiger partial charge is 0.377 e. The summed E-state index contributed by atoms with van der Waals surface area (Å²) in [6.07, 6.45) is 3.57. The summed E-state index contributed by atoms with van der Waals surface area (Å²) in [6.45, 7) is 3.73. The second kappa shape index (κ2) is 6.03. The van der Waals surface area contributed by atoms with E-state index >= 15 is 0 Å². The number of ether oxygens (including phenoxy) is 1. The van der Waals surface area contributed by atoms with E-state index in [4.69, 9.17) is 4.74 Å². The fourth-order valence-electron chi connectivity index (χ4n) is 2.72. The summed E-state index contributed by atoms with van der Waals surface area (Å²) in [4.78, 5) is 15.5. The van der Waals surface area contributed by atoms with Crippen molar-refractivity contribution < 1.29 is 9.53 Å². The normalized spacial score (nSPS) is 22.5. The van der Waals surface area contributed by atoms with Crippen molar-refractivity contribution in [2.24, 2.45) is 0 Å². The highest BCUT2D eigenvalue weighted by Gasteiger charge is 2.21. The molecular formula is C14H20N2O2S. The zero-order valence-electron chi connectivity index (χ0n) is 11.1. The zero-order chi connectivity index (χ0) is 13.1. The lowest BCUT2D eigenvalue weighted by atomic mass is 10.1. The van der Waals surface area contributed by atoms with Crippen molar-refractivity contribution in [2.75, 3.05) is 26.2 Å². The maximum Gasteiger partial charge on any atom is 0.236 e. The molecule has 1 saturated heterocycles. The number of carbonyl (C=O) groups excluding carboxylic acids is 1. The number of rotatable bonds is 4. The molecule has 1 unspecified atom stereocenters. The quantitative estimate of drug-likeness (QED) is 0.906. The van der Waals surface area contributed by atoms with Crippen LogP contribution in [-0.2, 0) is 22.5 Å². The van der Waals surface area contributed by atoms with Crippen molar-refractivity contribution in [2.45, 2.75) is 31.9 Å². The van der Waals surface area contributed by atoms with Gasteiger partial charge in [0.1, 0.15) is 0 Å². The molecule has 3 rings (SSSR count). The fraction of sp³-hybridized carbons (Fsp3) is 0.643. The van der Waals surface area contributed by atoms with E-state index in [-0.39, 0.29) is 5.91 Å². The van der Waals surface area contributed by atoms with Crippen LogP contribution in [-0.4, -0.2) is 43.2 Å². The molecule has 0 radical (unpaired) electrons. The lowest BCUT2D eigenvalue weighted by molar-refractivity contribution is -0.131. The molecule has 0 spiro atoms. The SMILES string of the molecule is O=C(CNCC1CCCO1)N1CCc2sccc2C1. The number of nitrogens with one attached hydrogen (secondary N) is 1. The zero-order valence-corrected chi connectivity index (χ0v) is 11.9. The highest BCUT2D eigenvalue weighted by Crippen LogP contribution is 2.23. The van der Waals surface area contributed by atoms with Gasteiger partial charge in [0.05, 0.1) is 12.6 Å². The molecule has 1 N–H and O–H groups in total. The van der Waals surface area contributed by atoms with Gasteiger partial charge in [-0.05, 0) is 36.3 Å². The number of hydrogen-bond acceptors (Lipinski definition) is 4. The average Bonchev–Trinajstić information content (AvgIpc) is 3.08. The van der Waals surface area contributed by atoms with Crippen molar-refractivity contribution in [1.29, 1.82) is 0 Å². The number of hydrogen-bond donors (Lipinski definition) is 1. The molecule has 0 aromatic carbocycles. The lowest BCUT2D eigenvalue weighted by Gasteiger charge is -2.27. The third-order valence-electron chi connectivity index (χ3n) is 3.83. The summed E-state index contributed by atoms with van der Waals surface area (Å²) >= 11 is 1.80. The Morgan fingerprint density at radius 1 is 1.58 bits per heavy atom. The summed E-state index contributed by atoms with van der Waals surface area (Å²) in [5.41, 5.74) is 1.32. The Hall–Kier alpha value is -0.910. The van der Waals surface area contributed by atoms with Crippen LogP contribution < -0.4 is 5.32 Å². The van der Waals surface area contributed by atoms with Crippen molar-refractivity contribution in [3.05, 3.63) is 21.9 Å². The average molecular weight is 280 g/mol. The minimum atomic E-state index is 0.204. The molecule has 0 bridgehead atoms. The van der Waals surface area contributed by atoms with Crippen LogP contribution in [0.3, 0.4) is 0 Å². The second-order valence-electron chi connectivity index (χ2n) is 5.20. The van der Waals surface area contributed by atoms with E-state index in [9.17, 15) is 4.79 Å². The Morgan fingerprint density at radius 2 is 2.53 bits per heavy atom. The Kier molecular flexibility index (Phi) is 4.15. The second-order valence-corrected chi connectivity index (χ2v) is 6.20. The van der Waals surface area contributed by atoms with Gasteiger partial charge in [0, 0.05) is 31.1 Å². The Balaban J connectivity index is 1.43. The molecule has 19 heavy (non-hydrogen) atoms. The van der Waals surface area contributed by atoms with Gasteiger partial charge >= 0.3 is 0 Å². The van der Waals surface area contributed by atoms with E-state index in [1.54, 1.807) is 11.3 Å². The van der Waals surface area contributed by atoms with Gasteiger partial charge in [-0.1, -0.05) is 0 Å². The first-order valence-corrected chi connectivity index (χ1v) is 7.86. The van der Waals surface area contributed by atoms with Crippen LogP contribution in [0.4, 0.5) is 0 Å². The van der Waals surface area contributed by atoms with E-state index in [0.29, 0.717) is 12.6 Å². The molecule has 0 saturated carbocycles. The number of thiophene rings is 1. The Morgan fingerprint density at radius 3 is 3.37 bits per heavy atom. The van der Waals surface area contributed by atoms with Crippen molar-refractivity contribution in [1.82, 2.24) is 10.2 Å². The third-order valence-corrected chi connectivity index (χ3v) is 4.86. The van der Waals surface area contributed by atoms with Crippen LogP contribution in [0.5, 0.6) is 0 Å². The first-order chi connectivity index (χ1) is 9.33. The van der Waals surface area contributed by atoms with Crippen LogP contribution in [0, 0.1) is 0 Å². The number of amides is 1. The molecule has 5 heteroatoms. The van der Waals surface area contributed by atoms with Crippen molar-refractivity contribution in [3.63, 3.8) is 0 Å². The van der Waals surface area contributed by atoms with Gasteiger partial charge in [-0.3, -0.25) is 4.79 Å². The summed E-state index contributed by atoms with van der Waals surface area (Å²) in [6, 6.07) is 2.14. The van der Waals surface area contributed by atoms with Gasteiger partial charge < -0.3 is 15.0 Å². The van der Waals surface area contributed by atoms with E-state index in [2.05, 4.69) is 16.8 Å². The molecule has 1 amide bonds. The van der Waals surface area contributed by atoms with Crippen LogP contribution >= 0.6 is 11.3 Å². The summed E-state index contributed by atoms with van der Waals surface area (Å²) in [7, 11) is 0. The third kappa shape index (κ3) is 3.16. The highest BCUT2D eigenvalue weighted by molar-refractivity contribution is 7.10. The number of nitrogens with zero attached hydrogens (tertiary/aromatic N) is 1. The van der Waals surface area contributed by atoms with E-state index < -0.39 is 0 Å². The molecule has 1 atom stereocenters.